The van der Waals surface area contributed by atoms with E-state index in [9.17, 15) is 4.79 Å². The van der Waals surface area contributed by atoms with Crippen LogP contribution in [0.3, 0.4) is 0 Å². The fourth-order valence-corrected chi connectivity index (χ4v) is 3.07. The van der Waals surface area contributed by atoms with Crippen molar-refractivity contribution in [2.75, 3.05) is 13.1 Å². The molecule has 6 heteroatoms. The highest BCUT2D eigenvalue weighted by molar-refractivity contribution is 7.08. The monoisotopic (exact) mass is 319 g/mol. The van der Waals surface area contributed by atoms with Gasteiger partial charge in [-0.1, -0.05) is 12.1 Å². The fourth-order valence-electron chi connectivity index (χ4n) is 2.44. The first kappa shape index (κ1) is 15.2. The van der Waals surface area contributed by atoms with E-state index in [1.807, 2.05) is 21.7 Å². The Balaban J connectivity index is 1.53. The topological polar surface area (TPSA) is 59.2 Å². The first-order valence-corrected chi connectivity index (χ1v) is 8.83. The molecule has 5 nitrogen and oxygen atoms in total. The van der Waals surface area contributed by atoms with E-state index in [0.29, 0.717) is 24.6 Å². The summed E-state index contributed by atoms with van der Waals surface area (Å²) in [6.07, 6.45) is 4.49. The molecule has 118 valence electrons. The number of hydrogen-bond acceptors (Lipinski definition) is 5. The summed E-state index contributed by atoms with van der Waals surface area (Å²) >= 11 is 1.60. The smallest absolute Gasteiger partial charge is 0.227 e. The third-order valence-corrected chi connectivity index (χ3v) is 4.51. The first-order valence-electron chi connectivity index (χ1n) is 7.89. The van der Waals surface area contributed by atoms with Crippen molar-refractivity contribution in [3.8, 4) is 11.4 Å². The Labute approximate surface area is 134 Å². The fraction of sp³-hybridized carbons (Fsp3) is 0.562. The molecule has 2 aromatic rings. The Hall–Kier alpha value is -1.69. The van der Waals surface area contributed by atoms with Crippen molar-refractivity contribution in [2.45, 2.75) is 39.0 Å². The molecule has 0 radical (unpaired) electrons. The quantitative estimate of drug-likeness (QED) is 0.748. The molecule has 2 heterocycles. The van der Waals surface area contributed by atoms with Gasteiger partial charge in [-0.05, 0) is 36.6 Å². The largest absolute Gasteiger partial charge is 0.342 e. The standard InChI is InChI=1S/C16H21N3O2S/c1-2-8-19(10-12-3-4-12)15(20)6-5-14-17-16(18-21-14)13-7-9-22-11-13/h7,9,11-12H,2-6,8,10H2,1H3. The van der Waals surface area contributed by atoms with Gasteiger partial charge in [0, 0.05) is 36.9 Å². The minimum atomic E-state index is 0.198. The number of amides is 1. The Morgan fingerprint density at radius 1 is 1.50 bits per heavy atom. The molecule has 22 heavy (non-hydrogen) atoms. The number of nitrogens with zero attached hydrogens (tertiary/aromatic N) is 3. The van der Waals surface area contributed by atoms with E-state index in [2.05, 4.69) is 17.1 Å². The lowest BCUT2D eigenvalue weighted by Gasteiger charge is -2.21. The number of carbonyl (C=O) groups is 1. The van der Waals surface area contributed by atoms with Crippen molar-refractivity contribution in [1.82, 2.24) is 15.0 Å². The second kappa shape index (κ2) is 7.05. The Morgan fingerprint density at radius 3 is 3.05 bits per heavy atom. The molecule has 1 aliphatic rings. The van der Waals surface area contributed by atoms with Crippen LogP contribution in [0.25, 0.3) is 11.4 Å². The lowest BCUT2D eigenvalue weighted by molar-refractivity contribution is -0.131. The molecule has 0 spiro atoms. The van der Waals surface area contributed by atoms with Gasteiger partial charge in [0.05, 0.1) is 0 Å². The average Bonchev–Trinajstić information content (AvgIpc) is 3.01. The van der Waals surface area contributed by atoms with Gasteiger partial charge in [-0.2, -0.15) is 16.3 Å². The van der Waals surface area contributed by atoms with Crippen LogP contribution in [0.5, 0.6) is 0 Å². The highest BCUT2D eigenvalue weighted by Crippen LogP contribution is 2.30. The van der Waals surface area contributed by atoms with Crippen LogP contribution in [0, 0.1) is 5.92 Å². The van der Waals surface area contributed by atoms with Gasteiger partial charge >= 0.3 is 0 Å². The van der Waals surface area contributed by atoms with Crippen molar-refractivity contribution in [2.24, 2.45) is 5.92 Å². The van der Waals surface area contributed by atoms with Crippen LogP contribution >= 0.6 is 11.3 Å². The van der Waals surface area contributed by atoms with E-state index >= 15 is 0 Å². The van der Waals surface area contributed by atoms with Gasteiger partial charge in [-0.25, -0.2) is 0 Å². The van der Waals surface area contributed by atoms with Gasteiger partial charge in [-0.15, -0.1) is 0 Å². The summed E-state index contributed by atoms with van der Waals surface area (Å²) in [5, 5.41) is 7.94. The third-order valence-electron chi connectivity index (χ3n) is 3.82. The van der Waals surface area contributed by atoms with Crippen LogP contribution in [-0.2, 0) is 11.2 Å². The minimum Gasteiger partial charge on any atom is -0.342 e. The van der Waals surface area contributed by atoms with Crippen molar-refractivity contribution < 1.29 is 9.32 Å². The molecule has 0 aliphatic heterocycles. The zero-order valence-electron chi connectivity index (χ0n) is 12.8. The Morgan fingerprint density at radius 2 is 2.36 bits per heavy atom. The molecule has 0 bridgehead atoms. The molecule has 0 N–H and O–H groups in total. The molecule has 0 saturated heterocycles. The van der Waals surface area contributed by atoms with Crippen molar-refractivity contribution >= 4 is 17.2 Å². The minimum absolute atomic E-state index is 0.198. The summed E-state index contributed by atoms with van der Waals surface area (Å²) in [6, 6.07) is 1.96. The Kier molecular flexibility index (Phi) is 4.87. The lowest BCUT2D eigenvalue weighted by Crippen LogP contribution is -2.33. The molecule has 1 saturated carbocycles. The molecule has 0 unspecified atom stereocenters. The molecule has 1 aliphatic carbocycles. The second-order valence-corrected chi connectivity index (χ2v) is 6.59. The number of carbonyl (C=O) groups excluding carboxylic acids is 1. The van der Waals surface area contributed by atoms with E-state index in [-0.39, 0.29) is 5.91 Å². The lowest BCUT2D eigenvalue weighted by atomic mass is 10.2. The molecule has 0 atom stereocenters. The zero-order chi connectivity index (χ0) is 15.4. The van der Waals surface area contributed by atoms with Crippen LogP contribution in [-0.4, -0.2) is 34.0 Å². The summed E-state index contributed by atoms with van der Waals surface area (Å²) in [6.45, 7) is 3.87. The van der Waals surface area contributed by atoms with Gasteiger partial charge in [-0.3, -0.25) is 4.79 Å². The molecule has 2 aromatic heterocycles. The molecular weight excluding hydrogens is 298 g/mol. The van der Waals surface area contributed by atoms with Gasteiger partial charge in [0.15, 0.2) is 0 Å². The molecule has 1 fully saturated rings. The maximum Gasteiger partial charge on any atom is 0.227 e. The number of aryl methyl sites for hydroxylation is 1. The van der Waals surface area contributed by atoms with Crippen LogP contribution < -0.4 is 0 Å². The maximum absolute atomic E-state index is 12.3. The van der Waals surface area contributed by atoms with Crippen LogP contribution in [0.15, 0.2) is 21.3 Å². The molecule has 0 aromatic carbocycles. The summed E-state index contributed by atoms with van der Waals surface area (Å²) in [7, 11) is 0. The van der Waals surface area contributed by atoms with E-state index in [4.69, 9.17) is 4.52 Å². The third kappa shape index (κ3) is 3.94. The number of hydrogen-bond donors (Lipinski definition) is 0. The van der Waals surface area contributed by atoms with E-state index in [0.717, 1.165) is 31.0 Å². The van der Waals surface area contributed by atoms with Gasteiger partial charge < -0.3 is 9.42 Å². The summed E-state index contributed by atoms with van der Waals surface area (Å²) in [5.41, 5.74) is 0.965. The number of aromatic nitrogens is 2. The van der Waals surface area contributed by atoms with Gasteiger partial charge in [0.2, 0.25) is 17.6 Å². The molecule has 3 rings (SSSR count). The van der Waals surface area contributed by atoms with Crippen molar-refractivity contribution in [1.29, 1.82) is 0 Å². The first-order chi connectivity index (χ1) is 10.8. The van der Waals surface area contributed by atoms with E-state index in [1.54, 1.807) is 11.3 Å². The van der Waals surface area contributed by atoms with Crippen LogP contribution in [0.4, 0.5) is 0 Å². The predicted octanol–water partition coefficient (Wildman–Crippen LogP) is 3.38. The predicted molar refractivity (Wildman–Crippen MR) is 85.5 cm³/mol. The maximum atomic E-state index is 12.3. The van der Waals surface area contributed by atoms with Crippen molar-refractivity contribution in [3.05, 3.63) is 22.7 Å². The Bertz CT molecular complexity index is 605. The highest BCUT2D eigenvalue weighted by atomic mass is 32.1. The van der Waals surface area contributed by atoms with Crippen molar-refractivity contribution in [3.63, 3.8) is 0 Å². The summed E-state index contributed by atoms with van der Waals surface area (Å²) in [5.74, 6) is 2.07. The average molecular weight is 319 g/mol. The zero-order valence-corrected chi connectivity index (χ0v) is 13.6. The second-order valence-electron chi connectivity index (χ2n) is 5.81. The summed E-state index contributed by atoms with van der Waals surface area (Å²) < 4.78 is 5.24. The van der Waals surface area contributed by atoms with E-state index in [1.165, 1.54) is 12.8 Å². The van der Waals surface area contributed by atoms with Gasteiger partial charge in [0.25, 0.3) is 0 Å². The number of rotatable bonds is 8. The SMILES string of the molecule is CCCN(CC1CC1)C(=O)CCc1nc(-c2ccsc2)no1. The van der Waals surface area contributed by atoms with Crippen LogP contribution in [0.1, 0.15) is 38.5 Å². The van der Waals surface area contributed by atoms with Gasteiger partial charge in [0.1, 0.15) is 0 Å². The normalized spacial score (nSPS) is 14.2. The molecular formula is C16H21N3O2S. The number of thiophene rings is 1. The molecule has 1 amide bonds. The van der Waals surface area contributed by atoms with Crippen LogP contribution in [0.2, 0.25) is 0 Å². The van der Waals surface area contributed by atoms with E-state index < -0.39 is 0 Å². The summed E-state index contributed by atoms with van der Waals surface area (Å²) in [4.78, 5) is 18.7. The highest BCUT2D eigenvalue weighted by Gasteiger charge is 2.26.